The van der Waals surface area contributed by atoms with E-state index in [2.05, 4.69) is 9.97 Å². The molecule has 3 aromatic heterocycles. The minimum absolute atomic E-state index is 0.0137. The first-order chi connectivity index (χ1) is 15.2. The van der Waals surface area contributed by atoms with Gasteiger partial charge in [0.25, 0.3) is 0 Å². The fraction of sp³-hybridized carbons (Fsp3) is 0.208. The molecule has 0 spiro atoms. The number of nitrogens with two attached hydrogens (primary N) is 1. The van der Waals surface area contributed by atoms with Gasteiger partial charge in [0, 0.05) is 47.0 Å². The Hall–Kier alpha value is -3.87. The van der Waals surface area contributed by atoms with E-state index in [0.717, 1.165) is 45.1 Å². The summed E-state index contributed by atoms with van der Waals surface area (Å²) in [6.45, 7) is 0. The number of anilines is 1. The van der Waals surface area contributed by atoms with Crippen molar-refractivity contribution in [3.63, 3.8) is 0 Å². The van der Waals surface area contributed by atoms with Crippen LogP contribution in [0.1, 0.15) is 22.6 Å². The number of rotatable bonds is 4. The van der Waals surface area contributed by atoms with Gasteiger partial charge in [-0.3, -0.25) is 9.97 Å². The Morgan fingerprint density at radius 1 is 0.903 bits per heavy atom. The van der Waals surface area contributed by atoms with Gasteiger partial charge in [-0.25, -0.2) is 4.98 Å². The van der Waals surface area contributed by atoms with Crippen molar-refractivity contribution in [2.24, 2.45) is 0 Å². The SMILES string of the molecule is COc1cc(C2Cc3cnccc3-c3nc(N)c4ccncc4c32)cc(OC)c1OC. The lowest BCUT2D eigenvalue weighted by Gasteiger charge is -2.29. The highest BCUT2D eigenvalue weighted by atomic mass is 16.5. The Kier molecular flexibility index (Phi) is 4.58. The maximum atomic E-state index is 6.34. The van der Waals surface area contributed by atoms with Crippen LogP contribution >= 0.6 is 0 Å². The predicted molar refractivity (Wildman–Crippen MR) is 119 cm³/mol. The number of pyridine rings is 3. The zero-order valence-corrected chi connectivity index (χ0v) is 17.5. The molecule has 31 heavy (non-hydrogen) atoms. The zero-order valence-electron chi connectivity index (χ0n) is 17.5. The van der Waals surface area contributed by atoms with Crippen LogP contribution in [-0.4, -0.2) is 36.3 Å². The first-order valence-corrected chi connectivity index (χ1v) is 9.92. The van der Waals surface area contributed by atoms with Gasteiger partial charge in [-0.15, -0.1) is 0 Å². The maximum Gasteiger partial charge on any atom is 0.203 e. The first kappa shape index (κ1) is 19.1. The summed E-state index contributed by atoms with van der Waals surface area (Å²) in [5.74, 6) is 2.26. The quantitative estimate of drug-likeness (QED) is 0.540. The second-order valence-electron chi connectivity index (χ2n) is 7.43. The summed E-state index contributed by atoms with van der Waals surface area (Å²) in [6, 6.07) is 7.89. The molecule has 0 saturated heterocycles. The highest BCUT2D eigenvalue weighted by Gasteiger charge is 2.31. The lowest BCUT2D eigenvalue weighted by molar-refractivity contribution is 0.323. The Morgan fingerprint density at radius 2 is 1.61 bits per heavy atom. The lowest BCUT2D eigenvalue weighted by Crippen LogP contribution is -2.16. The molecule has 0 amide bonds. The van der Waals surface area contributed by atoms with Gasteiger partial charge in [0.05, 0.1) is 27.0 Å². The van der Waals surface area contributed by atoms with Gasteiger partial charge in [-0.1, -0.05) is 0 Å². The van der Waals surface area contributed by atoms with E-state index in [9.17, 15) is 0 Å². The van der Waals surface area contributed by atoms with E-state index in [1.807, 2.05) is 36.7 Å². The van der Waals surface area contributed by atoms with Crippen molar-refractivity contribution < 1.29 is 14.2 Å². The fourth-order valence-corrected chi connectivity index (χ4v) is 4.49. The molecule has 7 heteroatoms. The minimum atomic E-state index is -0.0137. The van der Waals surface area contributed by atoms with Crippen LogP contribution in [0.25, 0.3) is 22.0 Å². The molecule has 1 aliphatic rings. The number of hydrogen-bond donors (Lipinski definition) is 1. The molecule has 0 radical (unpaired) electrons. The average Bonchev–Trinajstić information content (AvgIpc) is 2.82. The Morgan fingerprint density at radius 3 is 2.32 bits per heavy atom. The van der Waals surface area contributed by atoms with E-state index in [-0.39, 0.29) is 5.92 Å². The van der Waals surface area contributed by atoms with E-state index >= 15 is 0 Å². The van der Waals surface area contributed by atoms with Crippen LogP contribution in [0, 0.1) is 0 Å². The number of fused-ring (bicyclic) bond motifs is 5. The second-order valence-corrected chi connectivity index (χ2v) is 7.43. The minimum Gasteiger partial charge on any atom is -0.493 e. The van der Waals surface area contributed by atoms with Crippen molar-refractivity contribution in [2.75, 3.05) is 27.1 Å². The van der Waals surface area contributed by atoms with Crippen LogP contribution in [0.15, 0.2) is 49.1 Å². The molecule has 156 valence electrons. The molecule has 0 bridgehead atoms. The molecule has 3 heterocycles. The van der Waals surface area contributed by atoms with Crippen LogP contribution in [0.3, 0.4) is 0 Å². The Balaban J connectivity index is 1.83. The molecule has 5 rings (SSSR count). The number of hydrogen-bond acceptors (Lipinski definition) is 7. The molecule has 1 atom stereocenters. The summed E-state index contributed by atoms with van der Waals surface area (Å²) in [4.78, 5) is 13.5. The van der Waals surface area contributed by atoms with Crippen LogP contribution in [-0.2, 0) is 6.42 Å². The van der Waals surface area contributed by atoms with Gasteiger partial charge in [0.2, 0.25) is 5.75 Å². The summed E-state index contributed by atoms with van der Waals surface area (Å²) in [6.07, 6.45) is 8.04. The van der Waals surface area contributed by atoms with E-state index in [4.69, 9.17) is 24.9 Å². The molecule has 1 aromatic carbocycles. The summed E-state index contributed by atoms with van der Waals surface area (Å²) < 4.78 is 16.7. The molecule has 0 fully saturated rings. The van der Waals surface area contributed by atoms with Crippen molar-refractivity contribution in [2.45, 2.75) is 12.3 Å². The topological polar surface area (TPSA) is 92.4 Å². The predicted octanol–water partition coefficient (Wildman–Crippen LogP) is 3.99. The number of nitrogen functional groups attached to an aromatic ring is 1. The van der Waals surface area contributed by atoms with Crippen LogP contribution in [0.4, 0.5) is 5.82 Å². The standard InChI is InChI=1S/C24H22N4O3/c1-29-19-9-13(10-20(30-2)23(19)31-3)17-8-14-11-26-6-4-15(14)22-21(17)18-12-27-7-5-16(18)24(25)28-22/h4-7,9-12,17H,8H2,1-3H3,(H2,25,28). The van der Waals surface area contributed by atoms with E-state index in [1.165, 1.54) is 0 Å². The monoisotopic (exact) mass is 414 g/mol. The van der Waals surface area contributed by atoms with Crippen molar-refractivity contribution in [1.29, 1.82) is 0 Å². The number of benzene rings is 1. The summed E-state index contributed by atoms with van der Waals surface area (Å²) >= 11 is 0. The zero-order chi connectivity index (χ0) is 21.5. The normalized spacial score (nSPS) is 14.6. The van der Waals surface area contributed by atoms with E-state index < -0.39 is 0 Å². The van der Waals surface area contributed by atoms with Crippen molar-refractivity contribution in [3.05, 3.63) is 65.7 Å². The second kappa shape index (κ2) is 7.43. The van der Waals surface area contributed by atoms with Gasteiger partial charge in [-0.2, -0.15) is 0 Å². The molecule has 0 aliphatic heterocycles. The van der Waals surface area contributed by atoms with E-state index in [0.29, 0.717) is 23.1 Å². The van der Waals surface area contributed by atoms with Gasteiger partial charge in [-0.05, 0) is 47.4 Å². The number of ether oxygens (including phenoxy) is 3. The van der Waals surface area contributed by atoms with E-state index in [1.54, 1.807) is 33.7 Å². The van der Waals surface area contributed by atoms with Crippen molar-refractivity contribution in [1.82, 2.24) is 15.0 Å². The fourth-order valence-electron chi connectivity index (χ4n) is 4.49. The molecule has 1 unspecified atom stereocenters. The maximum absolute atomic E-state index is 6.34. The molecular formula is C24H22N4O3. The third-order valence-electron chi connectivity index (χ3n) is 5.90. The van der Waals surface area contributed by atoms with Crippen molar-refractivity contribution in [3.8, 4) is 28.5 Å². The van der Waals surface area contributed by atoms with Gasteiger partial charge < -0.3 is 19.9 Å². The lowest BCUT2D eigenvalue weighted by atomic mass is 9.76. The first-order valence-electron chi connectivity index (χ1n) is 9.92. The number of methoxy groups -OCH3 is 3. The highest BCUT2D eigenvalue weighted by molar-refractivity contribution is 5.98. The van der Waals surface area contributed by atoms with Gasteiger partial charge in [0.15, 0.2) is 11.5 Å². The largest absolute Gasteiger partial charge is 0.493 e. The van der Waals surface area contributed by atoms with Crippen LogP contribution in [0.5, 0.6) is 17.2 Å². The molecule has 2 N–H and O–H groups in total. The molecule has 4 aromatic rings. The van der Waals surface area contributed by atoms with Crippen LogP contribution < -0.4 is 19.9 Å². The summed E-state index contributed by atoms with van der Waals surface area (Å²) in [7, 11) is 4.84. The van der Waals surface area contributed by atoms with Gasteiger partial charge in [0.1, 0.15) is 5.82 Å². The Labute approximate surface area is 179 Å². The third-order valence-corrected chi connectivity index (χ3v) is 5.90. The highest BCUT2D eigenvalue weighted by Crippen LogP contribution is 2.48. The van der Waals surface area contributed by atoms with Crippen molar-refractivity contribution >= 4 is 16.6 Å². The Bertz CT molecular complexity index is 1280. The molecule has 7 nitrogen and oxygen atoms in total. The summed E-state index contributed by atoms with van der Waals surface area (Å²) in [5, 5.41) is 1.88. The summed E-state index contributed by atoms with van der Waals surface area (Å²) in [5.41, 5.74) is 11.5. The smallest absolute Gasteiger partial charge is 0.203 e. The third kappa shape index (κ3) is 2.92. The molecule has 1 aliphatic carbocycles. The number of nitrogens with zero attached hydrogens (tertiary/aromatic N) is 3. The average molecular weight is 414 g/mol. The van der Waals surface area contributed by atoms with Crippen LogP contribution in [0.2, 0.25) is 0 Å². The number of aromatic nitrogens is 3. The molecular weight excluding hydrogens is 392 g/mol. The van der Waals surface area contributed by atoms with Gasteiger partial charge >= 0.3 is 0 Å². The molecule has 0 saturated carbocycles.